The van der Waals surface area contributed by atoms with E-state index in [2.05, 4.69) is 15.9 Å². The Labute approximate surface area is 89.1 Å². The third-order valence-electron chi connectivity index (χ3n) is 2.09. The van der Waals surface area contributed by atoms with E-state index >= 15 is 0 Å². The average Bonchev–Trinajstić information content (AvgIpc) is 2.44. The normalized spacial score (nSPS) is 10.9. The molecular weight excluding hydrogens is 248 g/mol. The summed E-state index contributed by atoms with van der Waals surface area (Å²) < 4.78 is 1.16. The molecule has 0 fully saturated rings. The highest BCUT2D eigenvalue weighted by atomic mass is 79.9. The molecule has 0 amide bonds. The third kappa shape index (κ3) is 1.36. The molecule has 68 valence electrons. The molecule has 0 radical (unpaired) electrons. The quantitative estimate of drug-likeness (QED) is 0.770. The fraction of sp³-hybridized carbons (Fsp3) is 0.200. The lowest BCUT2D eigenvalue weighted by molar-refractivity contribution is 0.479. The van der Waals surface area contributed by atoms with E-state index in [0.717, 1.165) is 25.9 Å². The van der Waals surface area contributed by atoms with E-state index in [1.54, 1.807) is 11.3 Å². The lowest BCUT2D eigenvalue weighted by Crippen LogP contribution is -1.73. The van der Waals surface area contributed by atoms with Crippen LogP contribution in [0.5, 0.6) is 5.75 Å². The molecule has 2 rings (SSSR count). The molecule has 1 nitrogen and oxygen atoms in total. The van der Waals surface area contributed by atoms with Gasteiger partial charge in [0.1, 0.15) is 5.75 Å². The van der Waals surface area contributed by atoms with Crippen molar-refractivity contribution in [3.8, 4) is 5.75 Å². The van der Waals surface area contributed by atoms with Crippen molar-refractivity contribution >= 4 is 37.4 Å². The van der Waals surface area contributed by atoms with Gasteiger partial charge in [-0.1, -0.05) is 28.1 Å². The monoisotopic (exact) mass is 256 g/mol. The van der Waals surface area contributed by atoms with Crippen LogP contribution in [-0.2, 0) is 5.33 Å². The molecule has 0 aliphatic heterocycles. The van der Waals surface area contributed by atoms with Gasteiger partial charge in [0, 0.05) is 15.4 Å². The number of aromatic hydroxyl groups is 1. The molecule has 0 bridgehead atoms. The number of fused-ring (bicyclic) bond motifs is 1. The number of alkyl halides is 1. The summed E-state index contributed by atoms with van der Waals surface area (Å²) in [6.07, 6.45) is 0. The van der Waals surface area contributed by atoms with Gasteiger partial charge in [-0.2, -0.15) is 0 Å². The Morgan fingerprint density at radius 1 is 1.46 bits per heavy atom. The molecule has 1 aromatic carbocycles. The Hall–Kier alpha value is -0.540. The van der Waals surface area contributed by atoms with Crippen LogP contribution in [0.15, 0.2) is 18.2 Å². The average molecular weight is 257 g/mol. The summed E-state index contributed by atoms with van der Waals surface area (Å²) in [6, 6.07) is 6.08. The van der Waals surface area contributed by atoms with Crippen LogP contribution >= 0.6 is 27.3 Å². The summed E-state index contributed by atoms with van der Waals surface area (Å²) in [5.74, 6) is 0.440. The second-order valence-corrected chi connectivity index (χ2v) is 4.65. The standard InChI is InChI=1S/C10H9BrOS/c1-6-3-2-4-7-9(6)10(12)8(5-11)13-7/h2-4,12H,5H2,1H3. The van der Waals surface area contributed by atoms with Crippen LogP contribution in [0.3, 0.4) is 0 Å². The van der Waals surface area contributed by atoms with Gasteiger partial charge in [0.05, 0.1) is 4.88 Å². The van der Waals surface area contributed by atoms with Crippen LogP contribution in [0.25, 0.3) is 10.1 Å². The van der Waals surface area contributed by atoms with Gasteiger partial charge < -0.3 is 5.11 Å². The first-order chi connectivity index (χ1) is 6.24. The zero-order chi connectivity index (χ0) is 9.42. The van der Waals surface area contributed by atoms with Crippen molar-refractivity contribution in [1.82, 2.24) is 0 Å². The number of thiophene rings is 1. The zero-order valence-corrected chi connectivity index (χ0v) is 9.58. The number of halogens is 1. The van der Waals surface area contributed by atoms with E-state index in [-0.39, 0.29) is 0 Å². The highest BCUT2D eigenvalue weighted by Crippen LogP contribution is 2.39. The van der Waals surface area contributed by atoms with Gasteiger partial charge in [-0.05, 0) is 18.6 Å². The summed E-state index contributed by atoms with van der Waals surface area (Å²) in [6.45, 7) is 2.02. The van der Waals surface area contributed by atoms with Crippen LogP contribution in [0.4, 0.5) is 0 Å². The van der Waals surface area contributed by atoms with E-state index in [4.69, 9.17) is 0 Å². The van der Waals surface area contributed by atoms with Crippen molar-refractivity contribution in [3.63, 3.8) is 0 Å². The van der Waals surface area contributed by atoms with Gasteiger partial charge in [-0.3, -0.25) is 0 Å². The molecular formula is C10H9BrOS. The van der Waals surface area contributed by atoms with E-state index in [1.165, 1.54) is 0 Å². The zero-order valence-electron chi connectivity index (χ0n) is 7.17. The highest BCUT2D eigenvalue weighted by molar-refractivity contribution is 9.08. The Morgan fingerprint density at radius 3 is 2.85 bits per heavy atom. The van der Waals surface area contributed by atoms with Crippen LogP contribution < -0.4 is 0 Å². The van der Waals surface area contributed by atoms with Gasteiger partial charge in [0.2, 0.25) is 0 Å². The fourth-order valence-corrected chi connectivity index (χ4v) is 3.07. The summed E-state index contributed by atoms with van der Waals surface area (Å²) in [4.78, 5) is 1.00. The number of hydrogen-bond acceptors (Lipinski definition) is 2. The SMILES string of the molecule is Cc1cccc2sc(CBr)c(O)c12. The van der Waals surface area contributed by atoms with Crippen molar-refractivity contribution < 1.29 is 5.11 Å². The lowest BCUT2D eigenvalue weighted by atomic mass is 10.1. The maximum absolute atomic E-state index is 9.85. The molecule has 0 saturated heterocycles. The van der Waals surface area contributed by atoms with Crippen LogP contribution in [0, 0.1) is 6.92 Å². The van der Waals surface area contributed by atoms with Crippen molar-refractivity contribution in [1.29, 1.82) is 0 Å². The third-order valence-corrected chi connectivity index (χ3v) is 4.17. The highest BCUT2D eigenvalue weighted by Gasteiger charge is 2.10. The number of rotatable bonds is 1. The molecule has 1 aromatic heterocycles. The maximum Gasteiger partial charge on any atom is 0.138 e. The predicted molar refractivity (Wildman–Crippen MR) is 60.9 cm³/mol. The molecule has 1 N–H and O–H groups in total. The van der Waals surface area contributed by atoms with Gasteiger partial charge in [-0.15, -0.1) is 11.3 Å². The van der Waals surface area contributed by atoms with Crippen LogP contribution in [0.2, 0.25) is 0 Å². The molecule has 3 heteroatoms. The maximum atomic E-state index is 9.85. The van der Waals surface area contributed by atoms with E-state index in [9.17, 15) is 5.11 Å². The Morgan fingerprint density at radius 2 is 2.23 bits per heavy atom. The molecule has 0 unspecified atom stereocenters. The summed E-state index contributed by atoms with van der Waals surface area (Å²) in [5.41, 5.74) is 1.14. The van der Waals surface area contributed by atoms with E-state index in [0.29, 0.717) is 5.75 Å². The van der Waals surface area contributed by atoms with Crippen LogP contribution in [0.1, 0.15) is 10.4 Å². The van der Waals surface area contributed by atoms with Gasteiger partial charge in [0.15, 0.2) is 0 Å². The van der Waals surface area contributed by atoms with Crippen molar-refractivity contribution in [2.75, 3.05) is 0 Å². The number of benzene rings is 1. The molecule has 0 atom stereocenters. The summed E-state index contributed by atoms with van der Waals surface area (Å²) in [7, 11) is 0. The second kappa shape index (κ2) is 3.31. The molecule has 0 spiro atoms. The Bertz CT molecular complexity index is 447. The van der Waals surface area contributed by atoms with Gasteiger partial charge >= 0.3 is 0 Å². The fourth-order valence-electron chi connectivity index (χ4n) is 1.44. The molecule has 1 heterocycles. The largest absolute Gasteiger partial charge is 0.506 e. The minimum atomic E-state index is 0.440. The van der Waals surface area contributed by atoms with E-state index < -0.39 is 0 Å². The molecule has 0 aliphatic rings. The summed E-state index contributed by atoms with van der Waals surface area (Å²) in [5, 5.41) is 11.6. The van der Waals surface area contributed by atoms with Gasteiger partial charge in [-0.25, -0.2) is 0 Å². The van der Waals surface area contributed by atoms with Crippen molar-refractivity contribution in [2.24, 2.45) is 0 Å². The topological polar surface area (TPSA) is 20.2 Å². The van der Waals surface area contributed by atoms with E-state index in [1.807, 2.05) is 25.1 Å². The predicted octanol–water partition coefficient (Wildman–Crippen LogP) is 3.81. The first-order valence-electron chi connectivity index (χ1n) is 4.00. The minimum absolute atomic E-state index is 0.440. The lowest BCUT2D eigenvalue weighted by Gasteiger charge is -1.95. The van der Waals surface area contributed by atoms with Crippen LogP contribution in [-0.4, -0.2) is 5.11 Å². The molecule has 0 saturated carbocycles. The second-order valence-electron chi connectivity index (χ2n) is 2.96. The first kappa shape index (κ1) is 9.03. The number of aryl methyl sites for hydroxylation is 1. The Balaban J connectivity index is 2.85. The number of hydrogen-bond donors (Lipinski definition) is 1. The molecule has 13 heavy (non-hydrogen) atoms. The minimum Gasteiger partial charge on any atom is -0.506 e. The molecule has 2 aromatic rings. The first-order valence-corrected chi connectivity index (χ1v) is 5.93. The Kier molecular flexibility index (Phi) is 2.30. The van der Waals surface area contributed by atoms with Crippen molar-refractivity contribution in [2.45, 2.75) is 12.3 Å². The smallest absolute Gasteiger partial charge is 0.138 e. The van der Waals surface area contributed by atoms with Crippen molar-refractivity contribution in [3.05, 3.63) is 28.6 Å². The molecule has 0 aliphatic carbocycles. The van der Waals surface area contributed by atoms with Gasteiger partial charge in [0.25, 0.3) is 0 Å². The summed E-state index contributed by atoms with van der Waals surface area (Å²) >= 11 is 5.00.